The summed E-state index contributed by atoms with van der Waals surface area (Å²) in [6.07, 6.45) is 0.814. The Labute approximate surface area is 146 Å². The first kappa shape index (κ1) is 18.5. The van der Waals surface area contributed by atoms with Crippen molar-refractivity contribution >= 4 is 40.4 Å². The minimum atomic E-state index is -1.25. The highest BCUT2D eigenvalue weighted by Crippen LogP contribution is 2.30. The average molecular weight is 368 g/mol. The van der Waals surface area contributed by atoms with Gasteiger partial charge >= 0.3 is 17.6 Å². The third kappa shape index (κ3) is 4.57. The van der Waals surface area contributed by atoms with Gasteiger partial charge in [0, 0.05) is 17.9 Å². The number of benzene rings is 1. The van der Waals surface area contributed by atoms with Gasteiger partial charge in [0.1, 0.15) is 17.7 Å². The molecule has 0 spiro atoms. The highest BCUT2D eigenvalue weighted by molar-refractivity contribution is 6.33. The summed E-state index contributed by atoms with van der Waals surface area (Å²) in [4.78, 5) is 45.8. The van der Waals surface area contributed by atoms with Crippen molar-refractivity contribution in [1.82, 2.24) is 5.32 Å². The molecule has 0 aliphatic rings. The number of carboxylic acid groups (broad SMARTS) is 1. The van der Waals surface area contributed by atoms with Gasteiger partial charge in [0.25, 0.3) is 5.91 Å². The minimum absolute atomic E-state index is 0.0406. The van der Waals surface area contributed by atoms with Gasteiger partial charge in [0.2, 0.25) is 0 Å². The second kappa shape index (κ2) is 7.80. The molecule has 2 rings (SSSR count). The van der Waals surface area contributed by atoms with E-state index < -0.39 is 30.0 Å². The number of nitrogens with one attached hydrogen (secondary N) is 1. The van der Waals surface area contributed by atoms with Crippen LogP contribution < -0.4 is 15.7 Å². The number of hydrogen-bond acceptors (Lipinski definition) is 6. The third-order valence-corrected chi connectivity index (χ3v) is 3.40. The zero-order valence-electron chi connectivity index (χ0n) is 13.1. The number of aliphatic carboxylic acids is 1. The molecule has 2 aromatic rings. The number of hydrogen-bond donors (Lipinski definition) is 2. The Bertz CT molecular complexity index is 903. The summed E-state index contributed by atoms with van der Waals surface area (Å²) in [7, 11) is 0. The van der Waals surface area contributed by atoms with Crippen LogP contribution in [0.1, 0.15) is 30.1 Å². The Morgan fingerprint density at radius 1 is 1.28 bits per heavy atom. The molecule has 1 amide bonds. The summed E-state index contributed by atoms with van der Waals surface area (Å²) >= 11 is 6.05. The summed E-state index contributed by atoms with van der Waals surface area (Å²) in [5.41, 5.74) is -1.24. The molecule has 132 valence electrons. The lowest BCUT2D eigenvalue weighted by Crippen LogP contribution is -2.32. The molecule has 0 saturated heterocycles. The first-order valence-corrected chi connectivity index (χ1v) is 7.67. The molecule has 0 bridgehead atoms. The molecule has 0 fully saturated rings. The molecule has 0 aliphatic carbocycles. The van der Waals surface area contributed by atoms with Gasteiger partial charge in [-0.1, -0.05) is 18.5 Å². The second-order valence-electron chi connectivity index (χ2n) is 5.07. The number of fused-ring (bicyclic) bond motifs is 1. The highest BCUT2D eigenvalue weighted by Gasteiger charge is 2.17. The highest BCUT2D eigenvalue weighted by atomic mass is 35.5. The van der Waals surface area contributed by atoms with Crippen molar-refractivity contribution in [3.63, 3.8) is 0 Å². The molecular formula is C16H14ClNO7. The van der Waals surface area contributed by atoms with Gasteiger partial charge < -0.3 is 19.6 Å². The molecule has 25 heavy (non-hydrogen) atoms. The molecule has 0 saturated carbocycles. The fourth-order valence-corrected chi connectivity index (χ4v) is 2.20. The first-order valence-electron chi connectivity index (χ1n) is 7.30. The molecule has 9 heteroatoms. The van der Waals surface area contributed by atoms with Crippen LogP contribution in [0.25, 0.3) is 11.0 Å². The molecular weight excluding hydrogens is 354 g/mol. The smallest absolute Gasteiger partial charge is 0.349 e. The number of rotatable bonds is 6. The SMILES string of the molecule is CCCC(=O)Oc1cc2oc(=O)c(C(=O)NCC(=O)O)cc2cc1Cl. The van der Waals surface area contributed by atoms with E-state index in [1.54, 1.807) is 0 Å². The third-order valence-electron chi connectivity index (χ3n) is 3.11. The second-order valence-corrected chi connectivity index (χ2v) is 5.48. The number of carboxylic acids is 1. The monoisotopic (exact) mass is 367 g/mol. The van der Waals surface area contributed by atoms with Crippen LogP contribution in [0.3, 0.4) is 0 Å². The molecule has 1 heterocycles. The van der Waals surface area contributed by atoms with E-state index in [4.69, 9.17) is 25.9 Å². The lowest BCUT2D eigenvalue weighted by Gasteiger charge is -2.08. The van der Waals surface area contributed by atoms with Gasteiger partial charge in [-0.3, -0.25) is 14.4 Å². The van der Waals surface area contributed by atoms with Crippen molar-refractivity contribution in [2.45, 2.75) is 19.8 Å². The van der Waals surface area contributed by atoms with Gasteiger partial charge in [-0.2, -0.15) is 0 Å². The summed E-state index contributed by atoms with van der Waals surface area (Å²) < 4.78 is 10.1. The van der Waals surface area contributed by atoms with E-state index >= 15 is 0 Å². The van der Waals surface area contributed by atoms with E-state index in [1.165, 1.54) is 18.2 Å². The Morgan fingerprint density at radius 2 is 2.00 bits per heavy atom. The predicted octanol–water partition coefficient (Wildman–Crippen LogP) is 1.97. The van der Waals surface area contributed by atoms with Crippen molar-refractivity contribution in [3.8, 4) is 5.75 Å². The molecule has 1 aromatic heterocycles. The first-order chi connectivity index (χ1) is 11.8. The molecule has 8 nitrogen and oxygen atoms in total. The Hall–Kier alpha value is -2.87. The number of ether oxygens (including phenoxy) is 1. The topological polar surface area (TPSA) is 123 Å². The predicted molar refractivity (Wildman–Crippen MR) is 88.0 cm³/mol. The quantitative estimate of drug-likeness (QED) is 0.454. The van der Waals surface area contributed by atoms with E-state index in [1.807, 2.05) is 6.92 Å². The maximum atomic E-state index is 11.9. The normalized spacial score (nSPS) is 10.5. The van der Waals surface area contributed by atoms with Crippen molar-refractivity contribution in [2.24, 2.45) is 0 Å². The van der Waals surface area contributed by atoms with Gasteiger partial charge in [-0.15, -0.1) is 0 Å². The molecule has 0 atom stereocenters. The Kier molecular flexibility index (Phi) is 5.76. The number of carbonyl (C=O) groups excluding carboxylic acids is 2. The fraction of sp³-hybridized carbons (Fsp3) is 0.250. The van der Waals surface area contributed by atoms with Crippen LogP contribution in [0.5, 0.6) is 5.75 Å². The number of halogens is 1. The summed E-state index contributed by atoms with van der Waals surface area (Å²) in [5.74, 6) is -2.57. The van der Waals surface area contributed by atoms with E-state index in [9.17, 15) is 19.2 Å². The molecule has 1 aromatic carbocycles. The maximum absolute atomic E-state index is 11.9. The Balaban J connectivity index is 2.38. The lowest BCUT2D eigenvalue weighted by atomic mass is 10.1. The fourth-order valence-electron chi connectivity index (χ4n) is 1.99. The molecule has 0 radical (unpaired) electrons. The van der Waals surface area contributed by atoms with Crippen LogP contribution in [0, 0.1) is 0 Å². The standard InChI is InChI=1S/C16H14ClNO7/c1-2-3-14(21)24-12-6-11-8(5-10(12)17)4-9(16(23)25-11)15(22)18-7-13(19)20/h4-6H,2-3,7H2,1H3,(H,18,22)(H,19,20). The summed E-state index contributed by atoms with van der Waals surface area (Å²) in [6, 6.07) is 3.88. The summed E-state index contributed by atoms with van der Waals surface area (Å²) in [5, 5.41) is 11.0. The number of esters is 1. The molecule has 0 unspecified atom stereocenters. The van der Waals surface area contributed by atoms with Crippen molar-refractivity contribution < 1.29 is 28.6 Å². The van der Waals surface area contributed by atoms with Crippen LogP contribution in [-0.2, 0) is 9.59 Å². The van der Waals surface area contributed by atoms with E-state index in [2.05, 4.69) is 5.32 Å². The van der Waals surface area contributed by atoms with Gasteiger partial charge in [0.05, 0.1) is 5.02 Å². The van der Waals surface area contributed by atoms with Crippen LogP contribution in [0.15, 0.2) is 27.4 Å². The van der Waals surface area contributed by atoms with Crippen LogP contribution in [0.2, 0.25) is 5.02 Å². The van der Waals surface area contributed by atoms with E-state index in [0.29, 0.717) is 11.8 Å². The van der Waals surface area contributed by atoms with E-state index in [0.717, 1.165) is 0 Å². The van der Waals surface area contributed by atoms with Gasteiger partial charge in [-0.25, -0.2) is 4.79 Å². The van der Waals surface area contributed by atoms with Gasteiger partial charge in [-0.05, 0) is 18.6 Å². The van der Waals surface area contributed by atoms with E-state index in [-0.39, 0.29) is 28.3 Å². The van der Waals surface area contributed by atoms with Crippen molar-refractivity contribution in [3.05, 3.63) is 39.2 Å². The zero-order valence-corrected chi connectivity index (χ0v) is 13.9. The largest absolute Gasteiger partial charge is 0.480 e. The Morgan fingerprint density at radius 3 is 2.64 bits per heavy atom. The average Bonchev–Trinajstić information content (AvgIpc) is 2.53. The van der Waals surface area contributed by atoms with Crippen LogP contribution in [0.4, 0.5) is 0 Å². The van der Waals surface area contributed by atoms with Crippen LogP contribution in [-0.4, -0.2) is 29.5 Å². The number of amides is 1. The maximum Gasteiger partial charge on any atom is 0.349 e. The molecule has 2 N–H and O–H groups in total. The molecule has 0 aliphatic heterocycles. The summed E-state index contributed by atoms with van der Waals surface area (Å²) in [6.45, 7) is 1.18. The lowest BCUT2D eigenvalue weighted by molar-refractivity contribution is -0.136. The number of carbonyl (C=O) groups is 3. The zero-order chi connectivity index (χ0) is 18.6. The minimum Gasteiger partial charge on any atom is -0.480 e. The van der Waals surface area contributed by atoms with Crippen LogP contribution >= 0.6 is 11.6 Å². The van der Waals surface area contributed by atoms with Gasteiger partial charge in [0.15, 0.2) is 5.75 Å². The van der Waals surface area contributed by atoms with Crippen molar-refractivity contribution in [1.29, 1.82) is 0 Å². The van der Waals surface area contributed by atoms with Crippen molar-refractivity contribution in [2.75, 3.05) is 6.54 Å².